The Morgan fingerprint density at radius 3 is 2.40 bits per heavy atom. The molecule has 0 radical (unpaired) electrons. The topological polar surface area (TPSA) is 49.3 Å². The average Bonchev–Trinajstić information content (AvgIpc) is 2.30. The molecule has 1 aliphatic rings. The van der Waals surface area contributed by atoms with E-state index in [2.05, 4.69) is 5.32 Å². The summed E-state index contributed by atoms with van der Waals surface area (Å²) in [4.78, 5) is 11.8. The highest BCUT2D eigenvalue weighted by Gasteiger charge is 2.28. The van der Waals surface area contributed by atoms with Crippen molar-refractivity contribution in [3.05, 3.63) is 0 Å². The molecule has 0 spiro atoms. The molecule has 0 bridgehead atoms. The SMILES string of the molecule is CC(C)(C)C(=O)NC1CCCCCC1O. The second kappa shape index (κ2) is 4.97. The molecule has 0 saturated heterocycles. The Balaban J connectivity index is 2.52. The van der Waals surface area contributed by atoms with Gasteiger partial charge in [0.05, 0.1) is 12.1 Å². The van der Waals surface area contributed by atoms with Crippen LogP contribution in [0.4, 0.5) is 0 Å². The van der Waals surface area contributed by atoms with E-state index in [0.717, 1.165) is 25.7 Å². The van der Waals surface area contributed by atoms with Crippen molar-refractivity contribution in [3.8, 4) is 0 Å². The van der Waals surface area contributed by atoms with Gasteiger partial charge >= 0.3 is 0 Å². The van der Waals surface area contributed by atoms with Crippen LogP contribution in [0.25, 0.3) is 0 Å². The van der Waals surface area contributed by atoms with Crippen LogP contribution in [0.5, 0.6) is 0 Å². The molecule has 0 aromatic heterocycles. The van der Waals surface area contributed by atoms with E-state index in [9.17, 15) is 9.90 Å². The van der Waals surface area contributed by atoms with Gasteiger partial charge in [0.15, 0.2) is 0 Å². The molecule has 0 aromatic rings. The fraction of sp³-hybridized carbons (Fsp3) is 0.917. The third kappa shape index (κ3) is 3.82. The lowest BCUT2D eigenvalue weighted by atomic mass is 9.94. The van der Waals surface area contributed by atoms with E-state index in [-0.39, 0.29) is 23.5 Å². The molecule has 1 fully saturated rings. The fourth-order valence-electron chi connectivity index (χ4n) is 1.84. The Morgan fingerprint density at radius 2 is 1.80 bits per heavy atom. The maximum atomic E-state index is 11.8. The number of hydrogen-bond donors (Lipinski definition) is 2. The summed E-state index contributed by atoms with van der Waals surface area (Å²) in [5, 5.41) is 12.8. The lowest BCUT2D eigenvalue weighted by molar-refractivity contribution is -0.130. The van der Waals surface area contributed by atoms with E-state index in [0.29, 0.717) is 0 Å². The van der Waals surface area contributed by atoms with Crippen LogP contribution in [0, 0.1) is 5.41 Å². The van der Waals surface area contributed by atoms with Crippen LogP contribution in [0.3, 0.4) is 0 Å². The number of carbonyl (C=O) groups excluding carboxylic acids is 1. The van der Waals surface area contributed by atoms with Crippen LogP contribution in [-0.4, -0.2) is 23.2 Å². The summed E-state index contributed by atoms with van der Waals surface area (Å²) in [6, 6.07) is -0.0424. The van der Waals surface area contributed by atoms with Crippen LogP contribution in [0.2, 0.25) is 0 Å². The normalized spacial score (nSPS) is 28.3. The van der Waals surface area contributed by atoms with Gasteiger partial charge in [-0.25, -0.2) is 0 Å². The quantitative estimate of drug-likeness (QED) is 0.653. The summed E-state index contributed by atoms with van der Waals surface area (Å²) in [6.07, 6.45) is 4.70. The Bertz CT molecular complexity index is 220. The molecule has 2 N–H and O–H groups in total. The highest BCUT2D eigenvalue weighted by Crippen LogP contribution is 2.20. The molecule has 1 rings (SSSR count). The molecule has 1 aliphatic carbocycles. The molecule has 0 heterocycles. The number of carbonyl (C=O) groups is 1. The summed E-state index contributed by atoms with van der Waals surface area (Å²) < 4.78 is 0. The molecular weight excluding hydrogens is 190 g/mol. The van der Waals surface area contributed by atoms with Gasteiger partial charge in [-0.1, -0.05) is 40.0 Å². The van der Waals surface area contributed by atoms with Gasteiger partial charge in [-0.2, -0.15) is 0 Å². The van der Waals surface area contributed by atoms with Crippen molar-refractivity contribution in [1.29, 1.82) is 0 Å². The molecule has 1 saturated carbocycles. The van der Waals surface area contributed by atoms with Gasteiger partial charge in [-0.3, -0.25) is 4.79 Å². The van der Waals surface area contributed by atoms with Gasteiger partial charge in [-0.15, -0.1) is 0 Å². The molecule has 0 aromatic carbocycles. The van der Waals surface area contributed by atoms with Crippen molar-refractivity contribution in [1.82, 2.24) is 5.32 Å². The minimum absolute atomic E-state index is 0.0356. The van der Waals surface area contributed by atoms with Crippen LogP contribution in [0.1, 0.15) is 52.9 Å². The van der Waals surface area contributed by atoms with Crippen molar-refractivity contribution in [2.75, 3.05) is 0 Å². The summed E-state index contributed by atoms with van der Waals surface area (Å²) >= 11 is 0. The molecule has 3 heteroatoms. The number of aliphatic hydroxyl groups excluding tert-OH is 1. The largest absolute Gasteiger partial charge is 0.391 e. The average molecular weight is 213 g/mol. The molecule has 1 amide bonds. The molecule has 3 nitrogen and oxygen atoms in total. The third-order valence-corrected chi connectivity index (χ3v) is 2.98. The Kier molecular flexibility index (Phi) is 4.14. The van der Waals surface area contributed by atoms with Crippen molar-refractivity contribution < 1.29 is 9.90 Å². The molecule has 2 atom stereocenters. The fourth-order valence-corrected chi connectivity index (χ4v) is 1.84. The number of aliphatic hydroxyl groups is 1. The van der Waals surface area contributed by atoms with Crippen molar-refractivity contribution in [2.45, 2.75) is 65.0 Å². The molecule has 15 heavy (non-hydrogen) atoms. The highest BCUT2D eigenvalue weighted by atomic mass is 16.3. The van der Waals surface area contributed by atoms with Crippen LogP contribution >= 0.6 is 0 Å². The van der Waals surface area contributed by atoms with Gasteiger partial charge in [0.1, 0.15) is 0 Å². The van der Waals surface area contributed by atoms with Gasteiger partial charge in [-0.05, 0) is 12.8 Å². The first-order valence-corrected chi connectivity index (χ1v) is 5.90. The smallest absolute Gasteiger partial charge is 0.225 e. The lowest BCUT2D eigenvalue weighted by Gasteiger charge is -2.26. The third-order valence-electron chi connectivity index (χ3n) is 2.98. The first-order chi connectivity index (χ1) is 6.91. The van der Waals surface area contributed by atoms with Crippen LogP contribution in [-0.2, 0) is 4.79 Å². The second-order valence-electron chi connectivity index (χ2n) is 5.54. The van der Waals surface area contributed by atoms with Gasteiger partial charge in [0.25, 0.3) is 0 Å². The minimum atomic E-state index is -0.369. The van der Waals surface area contributed by atoms with Gasteiger partial charge in [0, 0.05) is 5.41 Å². The van der Waals surface area contributed by atoms with E-state index in [1.807, 2.05) is 20.8 Å². The standard InChI is InChI=1S/C12H23NO2/c1-12(2,3)11(15)13-9-7-5-4-6-8-10(9)14/h9-10,14H,4-8H2,1-3H3,(H,13,15). The maximum absolute atomic E-state index is 11.8. The highest BCUT2D eigenvalue weighted by molar-refractivity contribution is 5.81. The van der Waals surface area contributed by atoms with Gasteiger partial charge in [0.2, 0.25) is 5.91 Å². The first kappa shape index (κ1) is 12.5. The summed E-state index contributed by atoms with van der Waals surface area (Å²) in [5.74, 6) is 0.0356. The van der Waals surface area contributed by atoms with E-state index < -0.39 is 0 Å². The van der Waals surface area contributed by atoms with Crippen molar-refractivity contribution in [2.24, 2.45) is 5.41 Å². The van der Waals surface area contributed by atoms with Crippen molar-refractivity contribution >= 4 is 5.91 Å². The maximum Gasteiger partial charge on any atom is 0.225 e. The summed E-state index contributed by atoms with van der Waals surface area (Å²) in [7, 11) is 0. The van der Waals surface area contributed by atoms with E-state index in [1.165, 1.54) is 6.42 Å². The molecule has 0 aliphatic heterocycles. The van der Waals surface area contributed by atoms with Crippen LogP contribution in [0.15, 0.2) is 0 Å². The molecular formula is C12H23NO2. The predicted octanol–water partition coefficient (Wildman–Crippen LogP) is 1.84. The monoisotopic (exact) mass is 213 g/mol. The lowest BCUT2D eigenvalue weighted by Crippen LogP contribution is -2.47. The molecule has 88 valence electrons. The van der Waals surface area contributed by atoms with Gasteiger partial charge < -0.3 is 10.4 Å². The zero-order valence-corrected chi connectivity index (χ0v) is 10.0. The Morgan fingerprint density at radius 1 is 1.20 bits per heavy atom. The van der Waals surface area contributed by atoms with E-state index >= 15 is 0 Å². The molecule has 2 unspecified atom stereocenters. The van der Waals surface area contributed by atoms with Crippen molar-refractivity contribution in [3.63, 3.8) is 0 Å². The summed E-state index contributed by atoms with van der Waals surface area (Å²) in [6.45, 7) is 5.68. The number of hydrogen-bond acceptors (Lipinski definition) is 2. The predicted molar refractivity (Wildman–Crippen MR) is 60.5 cm³/mol. The summed E-state index contributed by atoms with van der Waals surface area (Å²) in [5.41, 5.74) is -0.369. The first-order valence-electron chi connectivity index (χ1n) is 5.90. The number of rotatable bonds is 1. The minimum Gasteiger partial charge on any atom is -0.391 e. The Hall–Kier alpha value is -0.570. The number of nitrogens with one attached hydrogen (secondary N) is 1. The second-order valence-corrected chi connectivity index (χ2v) is 5.54. The van der Waals surface area contributed by atoms with E-state index in [1.54, 1.807) is 0 Å². The zero-order chi connectivity index (χ0) is 11.5. The van der Waals surface area contributed by atoms with E-state index in [4.69, 9.17) is 0 Å². The Labute approximate surface area is 92.3 Å². The zero-order valence-electron chi connectivity index (χ0n) is 10.0. The number of amides is 1. The van der Waals surface area contributed by atoms with Crippen LogP contribution < -0.4 is 5.32 Å².